The average Bonchev–Trinajstić information content (AvgIpc) is 3.19. The van der Waals surface area contributed by atoms with E-state index < -0.39 is 44.8 Å². The van der Waals surface area contributed by atoms with Crippen LogP contribution in [0.5, 0.6) is 0 Å². The molecule has 0 spiro atoms. The van der Waals surface area contributed by atoms with Gasteiger partial charge in [0.15, 0.2) is 0 Å². The van der Waals surface area contributed by atoms with Crippen LogP contribution in [0.3, 0.4) is 0 Å². The highest BCUT2D eigenvalue weighted by molar-refractivity contribution is 7.26. The van der Waals surface area contributed by atoms with Gasteiger partial charge in [-0.25, -0.2) is 0 Å². The van der Waals surface area contributed by atoms with Gasteiger partial charge >= 0.3 is 23.9 Å². The van der Waals surface area contributed by atoms with E-state index in [0.717, 1.165) is 9.70 Å². The molecule has 0 saturated carbocycles. The molecule has 0 radical (unpaired) electrons. The zero-order valence-electron chi connectivity index (χ0n) is 16.3. The summed E-state index contributed by atoms with van der Waals surface area (Å²) < 4.78 is 20.3. The maximum atomic E-state index is 11.8. The van der Waals surface area contributed by atoms with Gasteiger partial charge in [0, 0.05) is 0 Å². The van der Waals surface area contributed by atoms with E-state index in [2.05, 4.69) is 22.6 Å². The highest BCUT2D eigenvalue weighted by Crippen LogP contribution is 2.18. The largest absolute Gasteiger partial charge is 0.469 e. The normalized spacial score (nSPS) is 11.5. The van der Waals surface area contributed by atoms with Crippen molar-refractivity contribution in [3.05, 3.63) is 28.8 Å². The number of ether oxygens (including phenoxy) is 4. The van der Waals surface area contributed by atoms with Gasteiger partial charge in [-0.1, -0.05) is 25.2 Å². The zero-order valence-corrected chi connectivity index (χ0v) is 18.1. The van der Waals surface area contributed by atoms with Crippen molar-refractivity contribution < 1.29 is 38.1 Å². The SMILES string of the molecule is COC(=O)CC(=O)OC/C=C(\COC(=O)CC(=O)OC)[Si](C)(C)c1cccs1. The minimum absolute atomic E-state index is 0.0263. The lowest BCUT2D eigenvalue weighted by Crippen LogP contribution is -2.44. The molecule has 28 heavy (non-hydrogen) atoms. The van der Waals surface area contributed by atoms with Crippen molar-refractivity contribution in [2.24, 2.45) is 0 Å². The molecule has 0 aromatic carbocycles. The van der Waals surface area contributed by atoms with Gasteiger partial charge in [-0.2, -0.15) is 11.3 Å². The molecule has 0 aliphatic carbocycles. The Bertz CT molecular complexity index is 724. The van der Waals surface area contributed by atoms with E-state index in [1.807, 2.05) is 17.5 Å². The molecule has 154 valence electrons. The van der Waals surface area contributed by atoms with Gasteiger partial charge < -0.3 is 18.9 Å². The zero-order chi connectivity index (χ0) is 21.2. The lowest BCUT2D eigenvalue weighted by Gasteiger charge is -2.25. The second kappa shape index (κ2) is 11.4. The first-order valence-electron chi connectivity index (χ1n) is 8.39. The lowest BCUT2D eigenvalue weighted by atomic mass is 10.4. The first kappa shape index (κ1) is 23.6. The Morgan fingerprint density at radius 1 is 0.964 bits per heavy atom. The van der Waals surface area contributed by atoms with Crippen molar-refractivity contribution in [1.82, 2.24) is 0 Å². The quantitative estimate of drug-likeness (QED) is 0.238. The van der Waals surface area contributed by atoms with Gasteiger partial charge in [0.25, 0.3) is 0 Å². The molecule has 0 N–H and O–H groups in total. The summed E-state index contributed by atoms with van der Waals surface area (Å²) in [7, 11) is 0.198. The minimum Gasteiger partial charge on any atom is -0.469 e. The summed E-state index contributed by atoms with van der Waals surface area (Å²) in [5.41, 5.74) is 0. The molecule has 0 amide bonds. The Labute approximate surface area is 168 Å². The molecule has 0 atom stereocenters. The maximum Gasteiger partial charge on any atom is 0.317 e. The topological polar surface area (TPSA) is 105 Å². The minimum atomic E-state index is -2.18. The second-order valence-electron chi connectivity index (χ2n) is 6.18. The summed E-state index contributed by atoms with van der Waals surface area (Å²) in [6.45, 7) is 4.06. The van der Waals surface area contributed by atoms with Crippen LogP contribution in [0.1, 0.15) is 12.8 Å². The molecule has 0 fully saturated rings. The summed E-state index contributed by atoms with van der Waals surface area (Å²) in [6.07, 6.45) is 0.741. The Hall–Kier alpha value is -2.46. The summed E-state index contributed by atoms with van der Waals surface area (Å²) in [6, 6.07) is 3.94. The predicted molar refractivity (Wildman–Crippen MR) is 105 cm³/mol. The third kappa shape index (κ3) is 7.65. The van der Waals surface area contributed by atoms with Gasteiger partial charge in [0.2, 0.25) is 0 Å². The highest BCUT2D eigenvalue weighted by atomic mass is 32.1. The van der Waals surface area contributed by atoms with Crippen molar-refractivity contribution >= 4 is 47.8 Å². The molecule has 10 heteroatoms. The van der Waals surface area contributed by atoms with Gasteiger partial charge in [-0.05, 0) is 21.2 Å². The van der Waals surface area contributed by atoms with Crippen LogP contribution in [0.15, 0.2) is 28.8 Å². The first-order chi connectivity index (χ1) is 13.2. The van der Waals surface area contributed by atoms with Crippen LogP contribution in [0.4, 0.5) is 0 Å². The van der Waals surface area contributed by atoms with E-state index in [9.17, 15) is 19.2 Å². The number of hydrogen-bond donors (Lipinski definition) is 0. The van der Waals surface area contributed by atoms with Crippen LogP contribution in [-0.2, 0) is 38.1 Å². The summed E-state index contributed by atoms with van der Waals surface area (Å²) in [4.78, 5) is 45.7. The first-order valence-corrected chi connectivity index (χ1v) is 12.3. The average molecular weight is 429 g/mol. The summed E-state index contributed by atoms with van der Waals surface area (Å²) in [5.74, 6) is -2.77. The van der Waals surface area contributed by atoms with Crippen molar-refractivity contribution in [2.45, 2.75) is 25.9 Å². The maximum absolute atomic E-state index is 11.8. The van der Waals surface area contributed by atoms with Crippen LogP contribution in [0.25, 0.3) is 0 Å². The van der Waals surface area contributed by atoms with Gasteiger partial charge in [-0.3, -0.25) is 19.2 Å². The smallest absolute Gasteiger partial charge is 0.317 e. The van der Waals surface area contributed by atoms with Crippen molar-refractivity contribution in [3.63, 3.8) is 0 Å². The van der Waals surface area contributed by atoms with Crippen LogP contribution < -0.4 is 4.50 Å². The van der Waals surface area contributed by atoms with Crippen molar-refractivity contribution in [2.75, 3.05) is 27.4 Å². The molecular weight excluding hydrogens is 404 g/mol. The molecule has 0 aliphatic rings. The van der Waals surface area contributed by atoms with Gasteiger partial charge in [0.1, 0.15) is 34.1 Å². The van der Waals surface area contributed by atoms with E-state index in [1.165, 1.54) is 14.2 Å². The third-order valence-corrected chi connectivity index (χ3v) is 9.86. The fraction of sp³-hybridized carbons (Fsp3) is 0.444. The number of esters is 4. The molecule has 1 aromatic rings. The molecule has 0 aliphatic heterocycles. The summed E-state index contributed by atoms with van der Waals surface area (Å²) >= 11 is 1.60. The molecule has 0 saturated heterocycles. The monoisotopic (exact) mass is 428 g/mol. The van der Waals surface area contributed by atoms with E-state index in [-0.39, 0.29) is 13.2 Å². The van der Waals surface area contributed by atoms with Crippen LogP contribution in [0, 0.1) is 0 Å². The molecule has 8 nitrogen and oxygen atoms in total. The van der Waals surface area contributed by atoms with Crippen LogP contribution in [-0.4, -0.2) is 59.4 Å². The van der Waals surface area contributed by atoms with E-state index >= 15 is 0 Å². The molecular formula is C18H24O8SSi. The molecule has 0 unspecified atom stereocenters. The van der Waals surface area contributed by atoms with E-state index in [0.29, 0.717) is 0 Å². The second-order valence-corrected chi connectivity index (χ2v) is 11.9. The van der Waals surface area contributed by atoms with Crippen molar-refractivity contribution in [1.29, 1.82) is 0 Å². The molecule has 1 heterocycles. The third-order valence-electron chi connectivity index (χ3n) is 3.94. The van der Waals surface area contributed by atoms with Gasteiger partial charge in [-0.15, -0.1) is 0 Å². The number of thiophene rings is 1. The number of rotatable bonds is 10. The van der Waals surface area contributed by atoms with Gasteiger partial charge in [0.05, 0.1) is 14.2 Å². The number of carbonyl (C=O) groups is 4. The number of methoxy groups -OCH3 is 2. The molecule has 1 rings (SSSR count). The molecule has 0 bridgehead atoms. The fourth-order valence-electron chi connectivity index (χ4n) is 2.16. The summed E-state index contributed by atoms with van der Waals surface area (Å²) in [5, 5.41) is 2.78. The Morgan fingerprint density at radius 2 is 1.54 bits per heavy atom. The predicted octanol–water partition coefficient (Wildman–Crippen LogP) is 1.34. The Kier molecular flexibility index (Phi) is 9.60. The number of carbonyl (C=O) groups excluding carboxylic acids is 4. The number of hydrogen-bond acceptors (Lipinski definition) is 9. The molecule has 1 aromatic heterocycles. The lowest BCUT2D eigenvalue weighted by molar-refractivity contribution is -0.154. The van der Waals surface area contributed by atoms with Crippen molar-refractivity contribution in [3.8, 4) is 0 Å². The highest BCUT2D eigenvalue weighted by Gasteiger charge is 2.30. The van der Waals surface area contributed by atoms with E-state index in [1.54, 1.807) is 17.4 Å². The standard InChI is InChI=1S/C18H24O8SSi/c1-23-14(19)10-16(21)25-8-7-13(12-26-17(22)11-15(20)24-2)28(3,4)18-6-5-9-27-18/h5-7,9H,8,10-12H2,1-4H3/b13-7+. The van der Waals surface area contributed by atoms with Crippen LogP contribution >= 0.6 is 11.3 Å². The fourth-order valence-corrected chi connectivity index (χ4v) is 6.26. The van der Waals surface area contributed by atoms with Crippen LogP contribution in [0.2, 0.25) is 13.1 Å². The van der Waals surface area contributed by atoms with E-state index in [4.69, 9.17) is 9.47 Å². The Balaban J connectivity index is 2.83. The Morgan fingerprint density at radius 3 is 2.04 bits per heavy atom.